The summed E-state index contributed by atoms with van der Waals surface area (Å²) >= 11 is 1.72. The molecular formula is C14H24N2O2S2. The first-order chi connectivity index (χ1) is 9.40. The molecule has 0 heterocycles. The predicted octanol–water partition coefficient (Wildman–Crippen LogP) is 2.39. The fraction of sp³-hybridized carbons (Fsp3) is 0.571. The summed E-state index contributed by atoms with van der Waals surface area (Å²) in [5.74, 6) is 0.945. The van der Waals surface area contributed by atoms with Gasteiger partial charge in [0.25, 0.3) is 0 Å². The molecule has 0 fully saturated rings. The zero-order valence-electron chi connectivity index (χ0n) is 12.5. The lowest BCUT2D eigenvalue weighted by atomic mass is 10.1. The first kappa shape index (κ1) is 17.5. The summed E-state index contributed by atoms with van der Waals surface area (Å²) in [6, 6.07) is 7.14. The molecule has 1 aromatic carbocycles. The van der Waals surface area contributed by atoms with E-state index in [4.69, 9.17) is 0 Å². The zero-order valence-corrected chi connectivity index (χ0v) is 14.1. The highest BCUT2D eigenvalue weighted by molar-refractivity contribution is 7.98. The monoisotopic (exact) mass is 316 g/mol. The number of hydrogen-bond donors (Lipinski definition) is 2. The van der Waals surface area contributed by atoms with E-state index in [0.29, 0.717) is 4.90 Å². The molecule has 0 saturated heterocycles. The minimum Gasteiger partial charge on any atom is -0.313 e. The van der Waals surface area contributed by atoms with Gasteiger partial charge in [-0.05, 0) is 57.0 Å². The molecule has 2 N–H and O–H groups in total. The summed E-state index contributed by atoms with van der Waals surface area (Å²) in [6.07, 6.45) is 2.84. The molecule has 4 nitrogen and oxygen atoms in total. The molecule has 1 rings (SSSR count). The van der Waals surface area contributed by atoms with Gasteiger partial charge in [0.15, 0.2) is 0 Å². The lowest BCUT2D eigenvalue weighted by molar-refractivity contribution is 0.556. The summed E-state index contributed by atoms with van der Waals surface area (Å²) in [4.78, 5) is 0.327. The highest BCUT2D eigenvalue weighted by Gasteiger charge is 2.18. The third-order valence-corrected chi connectivity index (χ3v) is 5.44. The van der Waals surface area contributed by atoms with Crippen molar-refractivity contribution in [2.75, 3.05) is 19.1 Å². The van der Waals surface area contributed by atoms with E-state index in [9.17, 15) is 8.42 Å². The third-order valence-electron chi connectivity index (χ3n) is 3.21. The SMILES string of the molecule is CNC(C)c1cccc(S(=O)(=O)NC(C)CCSC)c1. The van der Waals surface area contributed by atoms with E-state index in [0.717, 1.165) is 17.7 Å². The molecule has 0 bridgehead atoms. The largest absolute Gasteiger partial charge is 0.313 e. The van der Waals surface area contributed by atoms with Gasteiger partial charge in [-0.1, -0.05) is 12.1 Å². The van der Waals surface area contributed by atoms with Crippen LogP contribution in [0.1, 0.15) is 31.9 Å². The first-order valence-corrected chi connectivity index (χ1v) is 9.57. The van der Waals surface area contributed by atoms with Crippen LogP contribution in [0.2, 0.25) is 0 Å². The smallest absolute Gasteiger partial charge is 0.240 e. The number of benzene rings is 1. The first-order valence-electron chi connectivity index (χ1n) is 6.69. The molecule has 0 saturated carbocycles. The normalized spacial score (nSPS) is 15.0. The fourth-order valence-corrected chi connectivity index (χ4v) is 3.73. The van der Waals surface area contributed by atoms with Gasteiger partial charge >= 0.3 is 0 Å². The Balaban J connectivity index is 2.87. The van der Waals surface area contributed by atoms with Crippen molar-refractivity contribution in [1.82, 2.24) is 10.0 Å². The van der Waals surface area contributed by atoms with Gasteiger partial charge in [0.2, 0.25) is 10.0 Å². The second kappa shape index (κ2) is 8.02. The van der Waals surface area contributed by atoms with Crippen LogP contribution in [0.25, 0.3) is 0 Å². The van der Waals surface area contributed by atoms with E-state index in [1.54, 1.807) is 30.0 Å². The van der Waals surface area contributed by atoms with Crippen LogP contribution in [0.5, 0.6) is 0 Å². The van der Waals surface area contributed by atoms with Gasteiger partial charge in [0, 0.05) is 12.1 Å². The minimum absolute atomic E-state index is 0.0576. The number of hydrogen-bond acceptors (Lipinski definition) is 4. The van der Waals surface area contributed by atoms with Crippen molar-refractivity contribution in [1.29, 1.82) is 0 Å². The molecule has 0 spiro atoms. The fourth-order valence-electron chi connectivity index (χ4n) is 1.80. The Labute approximate surface area is 126 Å². The van der Waals surface area contributed by atoms with Crippen LogP contribution in [-0.4, -0.2) is 33.5 Å². The van der Waals surface area contributed by atoms with E-state index < -0.39 is 10.0 Å². The minimum atomic E-state index is -3.44. The molecule has 0 aliphatic rings. The number of nitrogens with one attached hydrogen (secondary N) is 2. The highest BCUT2D eigenvalue weighted by Crippen LogP contribution is 2.17. The van der Waals surface area contributed by atoms with E-state index in [2.05, 4.69) is 10.0 Å². The molecule has 0 aliphatic heterocycles. The number of sulfonamides is 1. The molecule has 0 aliphatic carbocycles. The third kappa shape index (κ3) is 5.09. The maximum atomic E-state index is 12.3. The molecule has 6 heteroatoms. The van der Waals surface area contributed by atoms with E-state index in [1.807, 2.05) is 33.2 Å². The Morgan fingerprint density at radius 2 is 2.00 bits per heavy atom. The Bertz CT molecular complexity index is 518. The summed E-state index contributed by atoms with van der Waals surface area (Å²) < 4.78 is 27.4. The summed E-state index contributed by atoms with van der Waals surface area (Å²) in [5.41, 5.74) is 0.965. The molecule has 2 unspecified atom stereocenters. The van der Waals surface area contributed by atoms with Crippen LogP contribution >= 0.6 is 11.8 Å². The molecule has 20 heavy (non-hydrogen) atoms. The molecule has 114 valence electrons. The molecule has 0 amide bonds. The van der Waals surface area contributed by atoms with Crippen LogP contribution in [0.4, 0.5) is 0 Å². The van der Waals surface area contributed by atoms with Crippen molar-refractivity contribution >= 4 is 21.8 Å². The van der Waals surface area contributed by atoms with Gasteiger partial charge in [0.1, 0.15) is 0 Å². The van der Waals surface area contributed by atoms with Crippen molar-refractivity contribution in [2.24, 2.45) is 0 Å². The van der Waals surface area contributed by atoms with Crippen molar-refractivity contribution in [2.45, 2.75) is 37.2 Å². The molecular weight excluding hydrogens is 292 g/mol. The average molecular weight is 316 g/mol. The van der Waals surface area contributed by atoms with E-state index >= 15 is 0 Å². The summed E-state index contributed by atoms with van der Waals surface area (Å²) in [7, 11) is -1.59. The maximum absolute atomic E-state index is 12.3. The predicted molar refractivity (Wildman–Crippen MR) is 86.7 cm³/mol. The van der Waals surface area contributed by atoms with Gasteiger partial charge in [-0.2, -0.15) is 11.8 Å². The quantitative estimate of drug-likeness (QED) is 0.773. The van der Waals surface area contributed by atoms with Gasteiger partial charge in [-0.25, -0.2) is 13.1 Å². The molecule has 0 aromatic heterocycles. The lowest BCUT2D eigenvalue weighted by Crippen LogP contribution is -2.33. The second-order valence-electron chi connectivity index (χ2n) is 4.89. The lowest BCUT2D eigenvalue weighted by Gasteiger charge is -2.15. The van der Waals surface area contributed by atoms with Gasteiger partial charge < -0.3 is 5.32 Å². The van der Waals surface area contributed by atoms with Crippen LogP contribution in [0, 0.1) is 0 Å². The Kier molecular flexibility index (Phi) is 7.02. The zero-order chi connectivity index (χ0) is 15.2. The number of rotatable bonds is 8. The summed E-state index contributed by atoms with van der Waals surface area (Å²) in [6.45, 7) is 3.90. The van der Waals surface area contributed by atoms with Crippen molar-refractivity contribution in [3.63, 3.8) is 0 Å². The number of thioether (sulfide) groups is 1. The van der Waals surface area contributed by atoms with E-state index in [-0.39, 0.29) is 12.1 Å². The Morgan fingerprint density at radius 1 is 1.30 bits per heavy atom. The van der Waals surface area contributed by atoms with Crippen LogP contribution in [0.3, 0.4) is 0 Å². The molecule has 2 atom stereocenters. The van der Waals surface area contributed by atoms with Crippen molar-refractivity contribution in [3.8, 4) is 0 Å². The Hall–Kier alpha value is -0.560. The second-order valence-corrected chi connectivity index (χ2v) is 7.59. The molecule has 1 aromatic rings. The van der Waals surface area contributed by atoms with Gasteiger partial charge in [-0.15, -0.1) is 0 Å². The van der Waals surface area contributed by atoms with Crippen LogP contribution in [0.15, 0.2) is 29.2 Å². The summed E-state index contributed by atoms with van der Waals surface area (Å²) in [5, 5.41) is 3.11. The van der Waals surface area contributed by atoms with Crippen molar-refractivity contribution in [3.05, 3.63) is 29.8 Å². The van der Waals surface area contributed by atoms with E-state index in [1.165, 1.54) is 0 Å². The van der Waals surface area contributed by atoms with Gasteiger partial charge in [0.05, 0.1) is 4.90 Å². The van der Waals surface area contributed by atoms with Crippen LogP contribution in [-0.2, 0) is 10.0 Å². The van der Waals surface area contributed by atoms with Crippen LogP contribution < -0.4 is 10.0 Å². The average Bonchev–Trinajstić information content (AvgIpc) is 2.44. The topological polar surface area (TPSA) is 58.2 Å². The highest BCUT2D eigenvalue weighted by atomic mass is 32.2. The Morgan fingerprint density at radius 3 is 2.60 bits per heavy atom. The molecule has 0 radical (unpaired) electrons. The van der Waals surface area contributed by atoms with Crippen molar-refractivity contribution < 1.29 is 8.42 Å². The standard InChI is InChI=1S/C14H24N2O2S2/c1-11(8-9-19-4)16-20(17,18)14-7-5-6-13(10-14)12(2)15-3/h5-7,10-12,15-16H,8-9H2,1-4H3. The van der Waals surface area contributed by atoms with Gasteiger partial charge in [-0.3, -0.25) is 0 Å². The maximum Gasteiger partial charge on any atom is 0.240 e.